The lowest BCUT2D eigenvalue weighted by Crippen LogP contribution is -2.41. The van der Waals surface area contributed by atoms with E-state index in [1.807, 2.05) is 40.9 Å². The average Bonchev–Trinajstić information content (AvgIpc) is 2.45. The molecule has 1 fully saturated rings. The third-order valence-corrected chi connectivity index (χ3v) is 4.90. The molecule has 0 radical (unpaired) electrons. The van der Waals surface area contributed by atoms with Gasteiger partial charge in [-0.1, -0.05) is 19.1 Å². The van der Waals surface area contributed by atoms with Crippen LogP contribution in [0.15, 0.2) is 24.3 Å². The molecule has 1 heterocycles. The predicted octanol–water partition coefficient (Wildman–Crippen LogP) is 2.56. The van der Waals surface area contributed by atoms with Gasteiger partial charge in [0, 0.05) is 36.2 Å². The van der Waals surface area contributed by atoms with Crippen LogP contribution in [0.4, 0.5) is 5.69 Å². The van der Waals surface area contributed by atoms with Gasteiger partial charge in [-0.3, -0.25) is 4.79 Å². The highest BCUT2D eigenvalue weighted by molar-refractivity contribution is 8.00. The van der Waals surface area contributed by atoms with Gasteiger partial charge < -0.3 is 10.6 Å². The number of thioether (sulfide) groups is 1. The molecule has 0 saturated carbocycles. The molecule has 1 aliphatic rings. The summed E-state index contributed by atoms with van der Waals surface area (Å²) in [6, 6.07) is 7.80. The first-order valence-corrected chi connectivity index (χ1v) is 7.97. The fraction of sp³-hybridized carbons (Fsp3) is 0.533. The monoisotopic (exact) mass is 278 g/mol. The van der Waals surface area contributed by atoms with Crippen LogP contribution in [-0.4, -0.2) is 34.9 Å². The van der Waals surface area contributed by atoms with Gasteiger partial charge in [0.25, 0.3) is 0 Å². The fourth-order valence-corrected chi connectivity index (χ4v) is 3.53. The molecule has 4 heteroatoms. The largest absolute Gasteiger partial charge is 0.399 e. The molecule has 1 saturated heterocycles. The molecule has 1 aliphatic heterocycles. The van der Waals surface area contributed by atoms with Gasteiger partial charge in [0.15, 0.2) is 0 Å². The van der Waals surface area contributed by atoms with Gasteiger partial charge in [-0.25, -0.2) is 0 Å². The minimum Gasteiger partial charge on any atom is -0.399 e. The Morgan fingerprint density at radius 3 is 3.11 bits per heavy atom. The van der Waals surface area contributed by atoms with Gasteiger partial charge in [0.05, 0.1) is 0 Å². The Morgan fingerprint density at radius 1 is 1.53 bits per heavy atom. The summed E-state index contributed by atoms with van der Waals surface area (Å²) < 4.78 is 0. The topological polar surface area (TPSA) is 46.3 Å². The van der Waals surface area contributed by atoms with Crippen LogP contribution in [0.25, 0.3) is 0 Å². The number of hydrogen-bond acceptors (Lipinski definition) is 3. The summed E-state index contributed by atoms with van der Waals surface area (Å²) in [5, 5.41) is 0.616. The van der Waals surface area contributed by atoms with Crippen molar-refractivity contribution in [2.45, 2.75) is 31.4 Å². The SMILES string of the molecule is CCC1CN(C(=O)CCc2cccc(N)c2)CCS1. The molecule has 1 atom stereocenters. The molecule has 2 N–H and O–H groups in total. The number of nitrogen functional groups attached to an aromatic ring is 1. The molecule has 1 aromatic rings. The van der Waals surface area contributed by atoms with Gasteiger partial charge in [-0.15, -0.1) is 0 Å². The number of amides is 1. The van der Waals surface area contributed by atoms with Crippen LogP contribution in [0.2, 0.25) is 0 Å². The Morgan fingerprint density at radius 2 is 2.37 bits per heavy atom. The van der Waals surface area contributed by atoms with Crippen LogP contribution in [0.5, 0.6) is 0 Å². The first-order chi connectivity index (χ1) is 9.19. The van der Waals surface area contributed by atoms with Gasteiger partial charge in [-0.2, -0.15) is 11.8 Å². The second-order valence-corrected chi connectivity index (χ2v) is 6.39. The Hall–Kier alpha value is -1.16. The number of nitrogens with two attached hydrogens (primary N) is 1. The lowest BCUT2D eigenvalue weighted by Gasteiger charge is -2.32. The van der Waals surface area contributed by atoms with E-state index in [2.05, 4.69) is 6.92 Å². The lowest BCUT2D eigenvalue weighted by molar-refractivity contribution is -0.131. The van der Waals surface area contributed by atoms with Crippen molar-refractivity contribution in [1.82, 2.24) is 4.90 Å². The molecule has 1 unspecified atom stereocenters. The maximum absolute atomic E-state index is 12.2. The van der Waals surface area contributed by atoms with E-state index in [0.29, 0.717) is 11.7 Å². The van der Waals surface area contributed by atoms with Crippen molar-refractivity contribution in [2.75, 3.05) is 24.6 Å². The average molecular weight is 278 g/mol. The highest BCUT2D eigenvalue weighted by Gasteiger charge is 2.22. The summed E-state index contributed by atoms with van der Waals surface area (Å²) >= 11 is 1.99. The van der Waals surface area contributed by atoms with E-state index < -0.39 is 0 Å². The summed E-state index contributed by atoms with van der Waals surface area (Å²) in [6.45, 7) is 4.01. The number of anilines is 1. The van der Waals surface area contributed by atoms with E-state index in [-0.39, 0.29) is 5.91 Å². The molecule has 3 nitrogen and oxygen atoms in total. The van der Waals surface area contributed by atoms with Crippen molar-refractivity contribution in [3.63, 3.8) is 0 Å². The molecule has 0 spiro atoms. The number of aryl methyl sites for hydroxylation is 1. The maximum Gasteiger partial charge on any atom is 0.222 e. The quantitative estimate of drug-likeness (QED) is 0.861. The van der Waals surface area contributed by atoms with E-state index in [9.17, 15) is 4.79 Å². The van der Waals surface area contributed by atoms with Crippen LogP contribution >= 0.6 is 11.8 Å². The van der Waals surface area contributed by atoms with Crippen LogP contribution in [0.1, 0.15) is 25.3 Å². The van der Waals surface area contributed by atoms with Crippen molar-refractivity contribution in [3.05, 3.63) is 29.8 Å². The Balaban J connectivity index is 1.84. The van der Waals surface area contributed by atoms with Crippen LogP contribution < -0.4 is 5.73 Å². The number of benzene rings is 1. The van der Waals surface area contributed by atoms with Crippen molar-refractivity contribution < 1.29 is 4.79 Å². The molecule has 0 aromatic heterocycles. The maximum atomic E-state index is 12.2. The lowest BCUT2D eigenvalue weighted by atomic mass is 10.1. The number of rotatable bonds is 4. The Kier molecular flexibility index (Phi) is 5.14. The third-order valence-electron chi connectivity index (χ3n) is 3.53. The first-order valence-electron chi connectivity index (χ1n) is 6.93. The van der Waals surface area contributed by atoms with E-state index in [1.54, 1.807) is 0 Å². The summed E-state index contributed by atoms with van der Waals surface area (Å²) in [7, 11) is 0. The summed E-state index contributed by atoms with van der Waals surface area (Å²) in [4.78, 5) is 14.2. The first kappa shape index (κ1) is 14.3. The van der Waals surface area contributed by atoms with Crippen molar-refractivity contribution in [1.29, 1.82) is 0 Å². The Labute approximate surface area is 119 Å². The summed E-state index contributed by atoms with van der Waals surface area (Å²) in [5.74, 6) is 1.35. The zero-order chi connectivity index (χ0) is 13.7. The standard InChI is InChI=1S/C15H22N2OS/c1-2-14-11-17(8-9-19-14)15(18)7-6-12-4-3-5-13(16)10-12/h3-5,10,14H,2,6-9,11,16H2,1H3. The van der Waals surface area contributed by atoms with Gasteiger partial charge in [-0.05, 0) is 30.5 Å². The van der Waals surface area contributed by atoms with Crippen LogP contribution in [0, 0.1) is 0 Å². The molecule has 19 heavy (non-hydrogen) atoms. The number of carbonyl (C=O) groups is 1. The molecular weight excluding hydrogens is 256 g/mol. The molecule has 1 amide bonds. The van der Waals surface area contributed by atoms with Crippen LogP contribution in [-0.2, 0) is 11.2 Å². The van der Waals surface area contributed by atoms with E-state index in [1.165, 1.54) is 0 Å². The van der Waals surface area contributed by atoms with Crippen molar-refractivity contribution >= 4 is 23.4 Å². The number of carbonyl (C=O) groups excluding carboxylic acids is 1. The number of hydrogen-bond donors (Lipinski definition) is 1. The molecule has 1 aromatic carbocycles. The highest BCUT2D eigenvalue weighted by Crippen LogP contribution is 2.21. The predicted molar refractivity (Wildman–Crippen MR) is 82.3 cm³/mol. The number of nitrogens with zero attached hydrogens (tertiary/aromatic N) is 1. The third kappa shape index (κ3) is 4.16. The van der Waals surface area contributed by atoms with E-state index in [4.69, 9.17) is 5.73 Å². The molecule has 0 bridgehead atoms. The second kappa shape index (κ2) is 6.85. The normalized spacial score (nSPS) is 19.4. The summed E-state index contributed by atoms with van der Waals surface area (Å²) in [5.41, 5.74) is 7.66. The molecule has 0 aliphatic carbocycles. The van der Waals surface area contributed by atoms with E-state index in [0.717, 1.165) is 42.9 Å². The molecular formula is C15H22N2OS. The summed E-state index contributed by atoms with van der Waals surface area (Å²) in [6.07, 6.45) is 2.51. The fourth-order valence-electron chi connectivity index (χ4n) is 2.35. The van der Waals surface area contributed by atoms with Gasteiger partial charge in [0.2, 0.25) is 5.91 Å². The molecule has 104 valence electrons. The van der Waals surface area contributed by atoms with Crippen molar-refractivity contribution in [2.24, 2.45) is 0 Å². The minimum absolute atomic E-state index is 0.279. The van der Waals surface area contributed by atoms with E-state index >= 15 is 0 Å². The molecule has 2 rings (SSSR count). The van der Waals surface area contributed by atoms with Crippen molar-refractivity contribution in [3.8, 4) is 0 Å². The van der Waals surface area contributed by atoms with Gasteiger partial charge >= 0.3 is 0 Å². The zero-order valence-corrected chi connectivity index (χ0v) is 12.3. The smallest absolute Gasteiger partial charge is 0.222 e. The second-order valence-electron chi connectivity index (χ2n) is 4.99. The Bertz CT molecular complexity index is 436. The van der Waals surface area contributed by atoms with Gasteiger partial charge in [0.1, 0.15) is 0 Å². The van der Waals surface area contributed by atoms with Crippen LogP contribution in [0.3, 0.4) is 0 Å². The minimum atomic E-state index is 0.279. The zero-order valence-electron chi connectivity index (χ0n) is 11.5. The highest BCUT2D eigenvalue weighted by atomic mass is 32.2.